The lowest BCUT2D eigenvalue weighted by molar-refractivity contribution is 0.112. The average molecular weight is 207 g/mol. The first kappa shape index (κ1) is 11.7. The molecule has 0 aliphatic heterocycles. The molecule has 0 spiro atoms. The normalized spacial score (nSPS) is 12.5. The molecule has 1 atom stereocenters. The Hall–Kier alpha value is -1.38. The molecule has 1 aromatic heterocycles. The lowest BCUT2D eigenvalue weighted by atomic mass is 10.1. The predicted molar refractivity (Wildman–Crippen MR) is 59.2 cm³/mol. The highest BCUT2D eigenvalue weighted by molar-refractivity contribution is 5.73. The van der Waals surface area contributed by atoms with Crippen molar-refractivity contribution in [3.05, 3.63) is 23.9 Å². The lowest BCUT2D eigenvalue weighted by Gasteiger charge is -2.15. The summed E-state index contributed by atoms with van der Waals surface area (Å²) in [5, 5.41) is 0. The van der Waals surface area contributed by atoms with Gasteiger partial charge in [0.15, 0.2) is 6.29 Å². The summed E-state index contributed by atoms with van der Waals surface area (Å²) in [5.41, 5.74) is 0.568. The fraction of sp³-hybridized carbons (Fsp3) is 0.500. The second-order valence-electron chi connectivity index (χ2n) is 4.11. The van der Waals surface area contributed by atoms with Crippen molar-refractivity contribution >= 4 is 6.29 Å². The van der Waals surface area contributed by atoms with Gasteiger partial charge in [0, 0.05) is 17.8 Å². The van der Waals surface area contributed by atoms with Gasteiger partial charge in [-0.3, -0.25) is 4.79 Å². The molecule has 1 unspecified atom stereocenters. The van der Waals surface area contributed by atoms with Crippen LogP contribution in [0.4, 0.5) is 0 Å². The van der Waals surface area contributed by atoms with Crippen LogP contribution in [0.5, 0.6) is 5.88 Å². The maximum absolute atomic E-state index is 10.4. The molecule has 0 aromatic carbocycles. The monoisotopic (exact) mass is 207 g/mol. The van der Waals surface area contributed by atoms with Gasteiger partial charge in [-0.05, 0) is 25.3 Å². The summed E-state index contributed by atoms with van der Waals surface area (Å²) in [6.07, 6.45) is 3.44. The van der Waals surface area contributed by atoms with Gasteiger partial charge in [0.25, 0.3) is 0 Å². The zero-order chi connectivity index (χ0) is 11.3. The van der Waals surface area contributed by atoms with Gasteiger partial charge in [-0.1, -0.05) is 13.8 Å². The second kappa shape index (κ2) is 5.49. The quantitative estimate of drug-likeness (QED) is 0.697. The molecule has 1 aromatic rings. The summed E-state index contributed by atoms with van der Waals surface area (Å²) in [7, 11) is 0. The highest BCUT2D eigenvalue weighted by Gasteiger charge is 2.07. The van der Waals surface area contributed by atoms with Crippen LogP contribution < -0.4 is 4.74 Å². The summed E-state index contributed by atoms with van der Waals surface area (Å²) in [6.45, 7) is 6.33. The Kier molecular flexibility index (Phi) is 4.28. The van der Waals surface area contributed by atoms with Gasteiger partial charge in [-0.25, -0.2) is 4.98 Å². The molecule has 3 heteroatoms. The van der Waals surface area contributed by atoms with Crippen LogP contribution in [0, 0.1) is 5.92 Å². The lowest BCUT2D eigenvalue weighted by Crippen LogP contribution is -2.15. The summed E-state index contributed by atoms with van der Waals surface area (Å²) in [6, 6.07) is 3.43. The molecule has 0 radical (unpaired) electrons. The molecule has 0 bridgehead atoms. The van der Waals surface area contributed by atoms with Gasteiger partial charge >= 0.3 is 0 Å². The van der Waals surface area contributed by atoms with Crippen LogP contribution in [-0.4, -0.2) is 17.4 Å². The number of rotatable bonds is 5. The Morgan fingerprint density at radius 1 is 1.40 bits per heavy atom. The maximum atomic E-state index is 10.4. The number of hydrogen-bond acceptors (Lipinski definition) is 3. The minimum atomic E-state index is 0.152. The molecular weight excluding hydrogens is 190 g/mol. The minimum Gasteiger partial charge on any atom is -0.475 e. The number of ether oxygens (including phenoxy) is 1. The number of nitrogens with zero attached hydrogens (tertiary/aromatic N) is 1. The third kappa shape index (κ3) is 4.11. The first-order valence-electron chi connectivity index (χ1n) is 5.19. The molecule has 15 heavy (non-hydrogen) atoms. The summed E-state index contributed by atoms with van der Waals surface area (Å²) < 4.78 is 5.60. The Balaban J connectivity index is 2.53. The number of aromatic nitrogens is 1. The van der Waals surface area contributed by atoms with Crippen LogP contribution in [0.3, 0.4) is 0 Å². The molecule has 0 aliphatic rings. The molecule has 1 rings (SSSR count). The van der Waals surface area contributed by atoms with E-state index in [2.05, 4.69) is 18.8 Å². The number of carbonyl (C=O) groups excluding carboxylic acids is 1. The third-order valence-corrected chi connectivity index (χ3v) is 2.02. The summed E-state index contributed by atoms with van der Waals surface area (Å²) in [5.74, 6) is 1.18. The van der Waals surface area contributed by atoms with E-state index in [0.29, 0.717) is 17.4 Å². The van der Waals surface area contributed by atoms with E-state index >= 15 is 0 Å². The zero-order valence-electron chi connectivity index (χ0n) is 9.43. The predicted octanol–water partition coefficient (Wildman–Crippen LogP) is 2.71. The van der Waals surface area contributed by atoms with Gasteiger partial charge in [-0.15, -0.1) is 0 Å². The molecule has 0 saturated heterocycles. The second-order valence-corrected chi connectivity index (χ2v) is 4.11. The van der Waals surface area contributed by atoms with E-state index in [1.165, 1.54) is 6.20 Å². The standard InChI is InChI=1S/C12H17NO2/c1-9(2)6-10(3)15-12-5-4-11(8-14)7-13-12/h4-5,7-10H,6H2,1-3H3. The van der Waals surface area contributed by atoms with E-state index in [9.17, 15) is 4.79 Å². The highest BCUT2D eigenvalue weighted by atomic mass is 16.5. The van der Waals surface area contributed by atoms with Crippen LogP contribution in [0.25, 0.3) is 0 Å². The SMILES string of the molecule is CC(C)CC(C)Oc1ccc(C=O)cn1. The summed E-state index contributed by atoms with van der Waals surface area (Å²) in [4.78, 5) is 14.4. The van der Waals surface area contributed by atoms with Crippen molar-refractivity contribution in [3.63, 3.8) is 0 Å². The molecule has 0 N–H and O–H groups in total. The average Bonchev–Trinajstić information content (AvgIpc) is 2.17. The first-order chi connectivity index (χ1) is 7.11. The van der Waals surface area contributed by atoms with Gasteiger partial charge in [0.05, 0.1) is 6.10 Å². The van der Waals surface area contributed by atoms with Crippen molar-refractivity contribution < 1.29 is 9.53 Å². The molecule has 0 aliphatic carbocycles. The number of pyridine rings is 1. The van der Waals surface area contributed by atoms with Crippen molar-refractivity contribution in [1.29, 1.82) is 0 Å². The Morgan fingerprint density at radius 3 is 2.60 bits per heavy atom. The fourth-order valence-electron chi connectivity index (χ4n) is 1.45. The van der Waals surface area contributed by atoms with Crippen molar-refractivity contribution in [2.75, 3.05) is 0 Å². The zero-order valence-corrected chi connectivity index (χ0v) is 9.43. The number of aldehydes is 1. The van der Waals surface area contributed by atoms with Gasteiger partial charge < -0.3 is 4.74 Å². The fourth-order valence-corrected chi connectivity index (χ4v) is 1.45. The van der Waals surface area contributed by atoms with Gasteiger partial charge in [-0.2, -0.15) is 0 Å². The molecule has 0 amide bonds. The minimum absolute atomic E-state index is 0.152. The van der Waals surface area contributed by atoms with Gasteiger partial charge in [0.2, 0.25) is 5.88 Å². The van der Waals surface area contributed by atoms with Crippen molar-refractivity contribution in [2.45, 2.75) is 33.3 Å². The Labute approximate surface area is 90.5 Å². The van der Waals surface area contributed by atoms with Crippen LogP contribution in [0.15, 0.2) is 18.3 Å². The highest BCUT2D eigenvalue weighted by Crippen LogP contribution is 2.13. The molecule has 1 heterocycles. The number of hydrogen-bond donors (Lipinski definition) is 0. The van der Waals surface area contributed by atoms with E-state index in [0.717, 1.165) is 12.7 Å². The van der Waals surface area contributed by atoms with E-state index < -0.39 is 0 Å². The maximum Gasteiger partial charge on any atom is 0.213 e. The third-order valence-electron chi connectivity index (χ3n) is 2.02. The largest absolute Gasteiger partial charge is 0.475 e. The molecule has 3 nitrogen and oxygen atoms in total. The van der Waals surface area contributed by atoms with Crippen molar-refractivity contribution in [1.82, 2.24) is 4.98 Å². The van der Waals surface area contributed by atoms with Crippen molar-refractivity contribution in [3.8, 4) is 5.88 Å². The topological polar surface area (TPSA) is 39.2 Å². The van der Waals surface area contributed by atoms with Crippen LogP contribution in [0.2, 0.25) is 0 Å². The Bertz CT molecular complexity index is 306. The van der Waals surface area contributed by atoms with E-state index in [1.807, 2.05) is 6.92 Å². The molecular formula is C12H17NO2. The molecule has 0 fully saturated rings. The Morgan fingerprint density at radius 2 is 2.13 bits per heavy atom. The summed E-state index contributed by atoms with van der Waals surface area (Å²) >= 11 is 0. The smallest absolute Gasteiger partial charge is 0.213 e. The van der Waals surface area contributed by atoms with E-state index in [-0.39, 0.29) is 6.10 Å². The van der Waals surface area contributed by atoms with E-state index in [1.54, 1.807) is 12.1 Å². The van der Waals surface area contributed by atoms with Crippen LogP contribution in [0.1, 0.15) is 37.6 Å². The van der Waals surface area contributed by atoms with E-state index in [4.69, 9.17) is 4.74 Å². The van der Waals surface area contributed by atoms with Crippen LogP contribution in [-0.2, 0) is 0 Å². The van der Waals surface area contributed by atoms with Gasteiger partial charge in [0.1, 0.15) is 0 Å². The number of carbonyl (C=O) groups is 1. The molecule has 82 valence electrons. The molecule has 0 saturated carbocycles. The van der Waals surface area contributed by atoms with Crippen molar-refractivity contribution in [2.24, 2.45) is 5.92 Å². The first-order valence-corrected chi connectivity index (χ1v) is 5.19. The van der Waals surface area contributed by atoms with Crippen LogP contribution >= 0.6 is 0 Å².